The number of rotatable bonds is 7. The van der Waals surface area contributed by atoms with E-state index in [0.717, 1.165) is 36.8 Å². The van der Waals surface area contributed by atoms with Gasteiger partial charge in [0.2, 0.25) is 0 Å². The average molecular weight is 419 g/mol. The molecule has 1 saturated heterocycles. The number of carbonyl (C=O) groups excluding carboxylic acids is 1. The summed E-state index contributed by atoms with van der Waals surface area (Å²) in [6.45, 7) is 4.76. The first-order chi connectivity index (χ1) is 15.1. The van der Waals surface area contributed by atoms with Crippen LogP contribution in [0, 0.1) is 5.92 Å². The zero-order valence-electron chi connectivity index (χ0n) is 18.3. The molecule has 3 heterocycles. The lowest BCUT2D eigenvalue weighted by atomic mass is 9.90. The molecule has 1 atom stereocenters. The van der Waals surface area contributed by atoms with Crippen LogP contribution in [0.5, 0.6) is 0 Å². The third-order valence-corrected chi connectivity index (χ3v) is 6.30. The molecule has 1 aliphatic heterocycles. The van der Waals surface area contributed by atoms with Gasteiger partial charge in [-0.3, -0.25) is 14.7 Å². The van der Waals surface area contributed by atoms with E-state index < -0.39 is 0 Å². The van der Waals surface area contributed by atoms with Crippen molar-refractivity contribution >= 4 is 5.91 Å². The van der Waals surface area contributed by atoms with Crippen molar-refractivity contribution in [3.8, 4) is 0 Å². The lowest BCUT2D eigenvalue weighted by Crippen LogP contribution is -2.33. The molecule has 0 radical (unpaired) electrons. The first kappa shape index (κ1) is 21.2. The molecule has 0 bridgehead atoms. The highest BCUT2D eigenvalue weighted by atomic mass is 16.5. The van der Waals surface area contributed by atoms with Crippen molar-refractivity contribution in [3.05, 3.63) is 83.5 Å². The van der Waals surface area contributed by atoms with Crippen molar-refractivity contribution < 1.29 is 9.32 Å². The third-order valence-electron chi connectivity index (χ3n) is 6.30. The summed E-state index contributed by atoms with van der Waals surface area (Å²) in [7, 11) is 1.78. The monoisotopic (exact) mass is 418 g/mol. The minimum Gasteiger partial charge on any atom is -0.359 e. The maximum atomic E-state index is 12.9. The first-order valence-electron chi connectivity index (χ1n) is 11.0. The first-order valence-corrected chi connectivity index (χ1v) is 11.0. The van der Waals surface area contributed by atoms with Crippen LogP contribution in [0.25, 0.3) is 0 Å². The van der Waals surface area contributed by atoms with Crippen LogP contribution in [0.3, 0.4) is 0 Å². The lowest BCUT2D eigenvalue weighted by Gasteiger charge is -2.31. The molecule has 0 saturated carbocycles. The SMILES string of the molecule is C[C@H](c1cccnc1)N(C)C(=O)c1cc(CN2CCC(Cc3ccccc3)CC2)on1. The average Bonchev–Trinajstić information content (AvgIpc) is 3.28. The van der Waals surface area contributed by atoms with Gasteiger partial charge >= 0.3 is 0 Å². The fourth-order valence-electron chi connectivity index (χ4n) is 4.21. The Hall–Kier alpha value is -2.99. The number of pyridine rings is 1. The predicted molar refractivity (Wildman–Crippen MR) is 119 cm³/mol. The van der Waals surface area contributed by atoms with Gasteiger partial charge in [0.25, 0.3) is 5.91 Å². The highest BCUT2D eigenvalue weighted by Gasteiger charge is 2.24. The molecule has 162 valence electrons. The number of benzene rings is 1. The summed E-state index contributed by atoms with van der Waals surface area (Å²) in [6.07, 6.45) is 7.02. The molecule has 1 amide bonds. The molecule has 6 nitrogen and oxygen atoms in total. The molecule has 6 heteroatoms. The van der Waals surface area contributed by atoms with E-state index in [9.17, 15) is 4.79 Å². The molecule has 1 fully saturated rings. The second-order valence-electron chi connectivity index (χ2n) is 8.47. The van der Waals surface area contributed by atoms with Crippen LogP contribution in [-0.2, 0) is 13.0 Å². The van der Waals surface area contributed by atoms with Crippen LogP contribution in [-0.4, -0.2) is 46.0 Å². The van der Waals surface area contributed by atoms with E-state index in [1.807, 2.05) is 19.1 Å². The number of hydrogen-bond acceptors (Lipinski definition) is 5. The summed E-state index contributed by atoms with van der Waals surface area (Å²) in [6, 6.07) is 16.3. The number of amides is 1. The maximum absolute atomic E-state index is 12.9. The third kappa shape index (κ3) is 5.39. The summed E-state index contributed by atoms with van der Waals surface area (Å²) in [5.41, 5.74) is 2.76. The van der Waals surface area contributed by atoms with Crippen LogP contribution in [0.1, 0.15) is 53.2 Å². The van der Waals surface area contributed by atoms with Crippen molar-refractivity contribution in [2.24, 2.45) is 5.92 Å². The summed E-state index contributed by atoms with van der Waals surface area (Å²) in [5.74, 6) is 1.33. The van der Waals surface area contributed by atoms with E-state index in [1.165, 1.54) is 18.4 Å². The molecule has 2 aromatic heterocycles. The van der Waals surface area contributed by atoms with Crippen molar-refractivity contribution in [1.29, 1.82) is 0 Å². The topological polar surface area (TPSA) is 62.5 Å². The summed E-state index contributed by atoms with van der Waals surface area (Å²) < 4.78 is 5.50. The lowest BCUT2D eigenvalue weighted by molar-refractivity contribution is 0.0731. The van der Waals surface area contributed by atoms with Gasteiger partial charge in [0.1, 0.15) is 0 Å². The van der Waals surface area contributed by atoms with E-state index in [-0.39, 0.29) is 11.9 Å². The molecule has 0 N–H and O–H groups in total. The van der Waals surface area contributed by atoms with Crippen molar-refractivity contribution in [1.82, 2.24) is 19.9 Å². The van der Waals surface area contributed by atoms with Crippen LogP contribution >= 0.6 is 0 Å². The highest BCUT2D eigenvalue weighted by Crippen LogP contribution is 2.24. The molecule has 31 heavy (non-hydrogen) atoms. The number of carbonyl (C=O) groups is 1. The smallest absolute Gasteiger partial charge is 0.276 e. The van der Waals surface area contributed by atoms with Crippen molar-refractivity contribution in [3.63, 3.8) is 0 Å². The molecule has 0 aliphatic carbocycles. The number of piperidine rings is 1. The zero-order chi connectivity index (χ0) is 21.6. The van der Waals surface area contributed by atoms with Gasteiger partial charge in [0.15, 0.2) is 11.5 Å². The number of nitrogens with zero attached hydrogens (tertiary/aromatic N) is 4. The second-order valence-corrected chi connectivity index (χ2v) is 8.47. The molecule has 1 aliphatic rings. The molecule has 1 aromatic carbocycles. The standard InChI is InChI=1S/C25H30N4O2/c1-19(22-9-6-12-26-17-22)28(2)25(30)24-16-23(31-27-24)18-29-13-10-21(11-14-29)15-20-7-4-3-5-8-20/h3-9,12,16-17,19,21H,10-11,13-15,18H2,1-2H3/t19-/m1/s1. The molecule has 0 unspecified atom stereocenters. The van der Waals surface area contributed by atoms with Crippen molar-refractivity contribution in [2.75, 3.05) is 20.1 Å². The highest BCUT2D eigenvalue weighted by molar-refractivity contribution is 5.92. The molecule has 3 aromatic rings. The Bertz CT molecular complexity index is 965. The Kier molecular flexibility index (Phi) is 6.77. The largest absolute Gasteiger partial charge is 0.359 e. The fourth-order valence-corrected chi connectivity index (χ4v) is 4.21. The van der Waals surface area contributed by atoms with E-state index in [1.54, 1.807) is 30.4 Å². The minimum absolute atomic E-state index is 0.0926. The molecule has 0 spiro atoms. The van der Waals surface area contributed by atoms with E-state index in [4.69, 9.17) is 4.52 Å². The van der Waals surface area contributed by atoms with Gasteiger partial charge in [-0.1, -0.05) is 41.6 Å². The maximum Gasteiger partial charge on any atom is 0.276 e. The Labute approximate surface area is 183 Å². The summed E-state index contributed by atoms with van der Waals surface area (Å²) in [4.78, 5) is 21.1. The Morgan fingerprint density at radius 2 is 1.97 bits per heavy atom. The molecular formula is C25H30N4O2. The van der Waals surface area contributed by atoms with Gasteiger partial charge < -0.3 is 9.42 Å². The van der Waals surface area contributed by atoms with Crippen LogP contribution < -0.4 is 0 Å². The van der Waals surface area contributed by atoms with Crippen LogP contribution in [0.4, 0.5) is 0 Å². The van der Waals surface area contributed by atoms with Crippen LogP contribution in [0.15, 0.2) is 65.4 Å². The Balaban J connectivity index is 1.29. The van der Waals surface area contributed by atoms with E-state index in [2.05, 4.69) is 45.4 Å². The zero-order valence-corrected chi connectivity index (χ0v) is 18.3. The second kappa shape index (κ2) is 9.88. The van der Waals surface area contributed by atoms with Crippen LogP contribution in [0.2, 0.25) is 0 Å². The summed E-state index contributed by atoms with van der Waals surface area (Å²) in [5, 5.41) is 4.04. The Morgan fingerprint density at radius 1 is 1.19 bits per heavy atom. The number of hydrogen-bond donors (Lipinski definition) is 0. The normalized spacial score (nSPS) is 16.2. The van der Waals surface area contributed by atoms with Gasteiger partial charge in [-0.05, 0) is 62.4 Å². The van der Waals surface area contributed by atoms with Crippen molar-refractivity contribution in [2.45, 2.75) is 38.8 Å². The van der Waals surface area contributed by atoms with Gasteiger partial charge in [0.05, 0.1) is 12.6 Å². The van der Waals surface area contributed by atoms with Gasteiger partial charge in [-0.2, -0.15) is 0 Å². The van der Waals surface area contributed by atoms with Gasteiger partial charge in [-0.25, -0.2) is 0 Å². The van der Waals surface area contributed by atoms with Gasteiger partial charge in [0, 0.05) is 25.5 Å². The van der Waals surface area contributed by atoms with Gasteiger partial charge in [-0.15, -0.1) is 0 Å². The van der Waals surface area contributed by atoms with E-state index in [0.29, 0.717) is 12.2 Å². The Morgan fingerprint density at radius 3 is 2.68 bits per heavy atom. The van der Waals surface area contributed by atoms with E-state index >= 15 is 0 Å². The molecule has 4 rings (SSSR count). The molecular weight excluding hydrogens is 388 g/mol. The predicted octanol–water partition coefficient (Wildman–Crippen LogP) is 4.36. The minimum atomic E-state index is -0.145. The fraction of sp³-hybridized carbons (Fsp3) is 0.400. The quantitative estimate of drug-likeness (QED) is 0.571. The number of aromatic nitrogens is 2. The number of likely N-dealkylation sites (tertiary alicyclic amines) is 1. The summed E-state index contributed by atoms with van der Waals surface area (Å²) >= 11 is 0.